The smallest absolute Gasteiger partial charge is 0.134 e. The Balaban J connectivity index is 2.69. The Hall–Kier alpha value is -1.36. The first kappa shape index (κ1) is 11.7. The summed E-state index contributed by atoms with van der Waals surface area (Å²) in [6.45, 7) is 3.71. The number of hydrogen-bond acceptors (Lipinski definition) is 5. The van der Waals surface area contributed by atoms with Crippen molar-refractivity contribution in [1.82, 2.24) is 9.97 Å². The Bertz CT molecular complexity index is 293. The maximum absolute atomic E-state index is 8.95. The number of aromatic nitrogens is 2. The van der Waals surface area contributed by atoms with Gasteiger partial charge >= 0.3 is 0 Å². The van der Waals surface area contributed by atoms with Crippen LogP contribution in [0.25, 0.3) is 0 Å². The molecule has 0 spiro atoms. The molecule has 0 atom stereocenters. The summed E-state index contributed by atoms with van der Waals surface area (Å²) in [5.74, 6) is 1.24. The maximum Gasteiger partial charge on any atom is 0.134 e. The molecule has 84 valence electrons. The van der Waals surface area contributed by atoms with Crippen molar-refractivity contribution in [2.24, 2.45) is 0 Å². The van der Waals surface area contributed by atoms with E-state index in [4.69, 9.17) is 10.8 Å². The lowest BCUT2D eigenvalue weighted by molar-refractivity contribution is 0.301. The van der Waals surface area contributed by atoms with Crippen LogP contribution in [0.15, 0.2) is 12.4 Å². The van der Waals surface area contributed by atoms with Gasteiger partial charge in [0.15, 0.2) is 0 Å². The van der Waals surface area contributed by atoms with Crippen molar-refractivity contribution >= 4 is 11.6 Å². The van der Waals surface area contributed by atoms with Gasteiger partial charge in [0.2, 0.25) is 0 Å². The van der Waals surface area contributed by atoms with Crippen LogP contribution in [0, 0.1) is 0 Å². The van der Waals surface area contributed by atoms with Gasteiger partial charge in [-0.2, -0.15) is 0 Å². The Morgan fingerprint density at radius 3 is 2.80 bits per heavy atom. The second-order valence-electron chi connectivity index (χ2n) is 3.37. The van der Waals surface area contributed by atoms with Crippen LogP contribution in [0.5, 0.6) is 0 Å². The minimum atomic E-state index is 0.119. The van der Waals surface area contributed by atoms with E-state index < -0.39 is 0 Å². The molecule has 15 heavy (non-hydrogen) atoms. The van der Waals surface area contributed by atoms with Crippen LogP contribution < -0.4 is 10.6 Å². The van der Waals surface area contributed by atoms with Crippen LogP contribution >= 0.6 is 0 Å². The van der Waals surface area contributed by atoms with Gasteiger partial charge in [-0.15, -0.1) is 0 Å². The van der Waals surface area contributed by atoms with Crippen LogP contribution in [0.2, 0.25) is 0 Å². The number of rotatable bonds is 6. The van der Waals surface area contributed by atoms with Crippen LogP contribution in [0.1, 0.15) is 19.8 Å². The molecule has 5 nitrogen and oxygen atoms in total. The van der Waals surface area contributed by atoms with Gasteiger partial charge in [0.1, 0.15) is 18.0 Å². The zero-order valence-corrected chi connectivity index (χ0v) is 9.06. The number of unbranched alkanes of at least 4 members (excludes halogenated alkanes) is 1. The van der Waals surface area contributed by atoms with Crippen molar-refractivity contribution < 1.29 is 5.11 Å². The summed E-state index contributed by atoms with van der Waals surface area (Å²) in [6, 6.07) is 1.73. The van der Waals surface area contributed by atoms with E-state index in [9.17, 15) is 0 Å². The van der Waals surface area contributed by atoms with Crippen molar-refractivity contribution in [3.63, 3.8) is 0 Å². The second kappa shape index (κ2) is 6.19. The van der Waals surface area contributed by atoms with Crippen LogP contribution in [0.3, 0.4) is 0 Å². The molecule has 0 aliphatic rings. The van der Waals surface area contributed by atoms with Gasteiger partial charge < -0.3 is 15.7 Å². The molecule has 3 N–H and O–H groups in total. The van der Waals surface area contributed by atoms with Gasteiger partial charge in [0.25, 0.3) is 0 Å². The molecule has 0 saturated heterocycles. The molecule has 0 amide bonds. The Kier molecular flexibility index (Phi) is 4.83. The summed E-state index contributed by atoms with van der Waals surface area (Å²) in [4.78, 5) is 9.99. The summed E-state index contributed by atoms with van der Waals surface area (Å²) in [5.41, 5.74) is 5.58. The molecule has 1 aromatic rings. The third kappa shape index (κ3) is 3.71. The molecule has 5 heteroatoms. The van der Waals surface area contributed by atoms with Crippen LogP contribution in [0.4, 0.5) is 11.6 Å². The highest BCUT2D eigenvalue weighted by Gasteiger charge is 2.06. The van der Waals surface area contributed by atoms with E-state index in [1.807, 2.05) is 4.90 Å². The Labute approximate surface area is 90.0 Å². The molecule has 1 aromatic heterocycles. The molecule has 0 radical (unpaired) electrons. The van der Waals surface area contributed by atoms with E-state index in [0.29, 0.717) is 12.4 Å². The SMILES string of the molecule is CCCCN(CCO)c1cc(N)ncn1. The van der Waals surface area contributed by atoms with Gasteiger partial charge in [-0.3, -0.25) is 0 Å². The predicted molar refractivity (Wildman–Crippen MR) is 60.7 cm³/mol. The summed E-state index contributed by atoms with van der Waals surface area (Å²) < 4.78 is 0. The lowest BCUT2D eigenvalue weighted by atomic mass is 10.3. The summed E-state index contributed by atoms with van der Waals surface area (Å²) in [7, 11) is 0. The normalized spacial score (nSPS) is 10.3. The highest BCUT2D eigenvalue weighted by Crippen LogP contribution is 2.12. The van der Waals surface area contributed by atoms with E-state index in [1.54, 1.807) is 6.07 Å². The van der Waals surface area contributed by atoms with Crippen molar-refractivity contribution in [3.8, 4) is 0 Å². The second-order valence-corrected chi connectivity index (χ2v) is 3.37. The van der Waals surface area contributed by atoms with E-state index in [-0.39, 0.29) is 6.61 Å². The van der Waals surface area contributed by atoms with Gasteiger partial charge in [0.05, 0.1) is 6.61 Å². The third-order valence-electron chi connectivity index (χ3n) is 2.15. The first-order valence-corrected chi connectivity index (χ1v) is 5.21. The van der Waals surface area contributed by atoms with Crippen molar-refractivity contribution in [2.75, 3.05) is 30.3 Å². The van der Waals surface area contributed by atoms with Gasteiger partial charge in [-0.1, -0.05) is 13.3 Å². The van der Waals surface area contributed by atoms with Gasteiger partial charge in [-0.05, 0) is 6.42 Å². The number of nitrogen functional groups attached to an aromatic ring is 1. The zero-order valence-electron chi connectivity index (χ0n) is 9.06. The highest BCUT2D eigenvalue weighted by atomic mass is 16.3. The number of nitrogens with zero attached hydrogens (tertiary/aromatic N) is 3. The number of hydrogen-bond donors (Lipinski definition) is 2. The fraction of sp³-hybridized carbons (Fsp3) is 0.600. The standard InChI is InChI=1S/C10H18N4O/c1-2-3-4-14(5-6-15)10-7-9(11)12-8-13-10/h7-8,15H,2-6H2,1H3,(H2,11,12,13). The lowest BCUT2D eigenvalue weighted by Crippen LogP contribution is -2.28. The van der Waals surface area contributed by atoms with E-state index >= 15 is 0 Å². The Morgan fingerprint density at radius 1 is 1.40 bits per heavy atom. The Morgan fingerprint density at radius 2 is 2.20 bits per heavy atom. The molecular formula is C10H18N4O. The third-order valence-corrected chi connectivity index (χ3v) is 2.15. The minimum absolute atomic E-state index is 0.119. The molecule has 0 saturated carbocycles. The average molecular weight is 210 g/mol. The van der Waals surface area contributed by atoms with Crippen molar-refractivity contribution in [3.05, 3.63) is 12.4 Å². The fourth-order valence-electron chi connectivity index (χ4n) is 1.35. The molecule has 0 aromatic carbocycles. The predicted octanol–water partition coefficient (Wildman–Crippen LogP) is 0.658. The topological polar surface area (TPSA) is 75.3 Å². The maximum atomic E-state index is 8.95. The van der Waals surface area contributed by atoms with E-state index in [1.165, 1.54) is 6.33 Å². The van der Waals surface area contributed by atoms with E-state index in [2.05, 4.69) is 16.9 Å². The van der Waals surface area contributed by atoms with Crippen LogP contribution in [-0.2, 0) is 0 Å². The molecule has 0 aliphatic carbocycles. The van der Waals surface area contributed by atoms with Crippen LogP contribution in [-0.4, -0.2) is 34.8 Å². The number of nitrogens with two attached hydrogens (primary N) is 1. The first-order valence-electron chi connectivity index (χ1n) is 5.21. The molecule has 0 unspecified atom stereocenters. The summed E-state index contributed by atoms with van der Waals surface area (Å²) >= 11 is 0. The molecule has 0 aliphatic heterocycles. The number of aliphatic hydroxyl groups excluding tert-OH is 1. The van der Waals surface area contributed by atoms with Gasteiger partial charge in [-0.25, -0.2) is 9.97 Å². The molecule has 0 bridgehead atoms. The summed E-state index contributed by atoms with van der Waals surface area (Å²) in [5, 5.41) is 8.95. The first-order chi connectivity index (χ1) is 7.27. The quantitative estimate of drug-likeness (QED) is 0.721. The molecule has 0 fully saturated rings. The average Bonchev–Trinajstić information content (AvgIpc) is 2.24. The largest absolute Gasteiger partial charge is 0.395 e. The van der Waals surface area contributed by atoms with Crippen molar-refractivity contribution in [1.29, 1.82) is 0 Å². The minimum Gasteiger partial charge on any atom is -0.395 e. The molecule has 1 rings (SSSR count). The van der Waals surface area contributed by atoms with Crippen molar-refractivity contribution in [2.45, 2.75) is 19.8 Å². The summed E-state index contributed by atoms with van der Waals surface area (Å²) in [6.07, 6.45) is 3.63. The fourth-order valence-corrected chi connectivity index (χ4v) is 1.35. The van der Waals surface area contributed by atoms with E-state index in [0.717, 1.165) is 25.2 Å². The highest BCUT2D eigenvalue weighted by molar-refractivity contribution is 5.45. The zero-order chi connectivity index (χ0) is 11.1. The monoisotopic (exact) mass is 210 g/mol. The number of aliphatic hydroxyl groups is 1. The number of anilines is 2. The van der Waals surface area contributed by atoms with Gasteiger partial charge in [0, 0.05) is 19.2 Å². The molecule has 1 heterocycles. The lowest BCUT2D eigenvalue weighted by Gasteiger charge is -2.22. The molecular weight excluding hydrogens is 192 g/mol.